The second kappa shape index (κ2) is 5.00. The van der Waals surface area contributed by atoms with Gasteiger partial charge in [0.1, 0.15) is 0 Å². The molecule has 0 fully saturated rings. The van der Waals surface area contributed by atoms with Gasteiger partial charge in [0.05, 0.1) is 15.6 Å². The number of hydrogen-bond donors (Lipinski definition) is 1. The number of alkyl halides is 3. The summed E-state index contributed by atoms with van der Waals surface area (Å²) in [6, 6.07) is 0.709. The molecular formula is C9H6Cl3F3O. The molecular weight excluding hydrogens is 287 g/mol. The molecule has 0 saturated heterocycles. The third kappa shape index (κ3) is 2.74. The van der Waals surface area contributed by atoms with Gasteiger partial charge in [-0.1, -0.05) is 34.8 Å². The highest BCUT2D eigenvalue weighted by atomic mass is 35.5. The predicted molar refractivity (Wildman–Crippen MR) is 57.3 cm³/mol. The zero-order chi connectivity index (χ0) is 12.5. The summed E-state index contributed by atoms with van der Waals surface area (Å²) in [4.78, 5) is 0. The van der Waals surface area contributed by atoms with Crippen LogP contribution in [-0.4, -0.2) is 11.7 Å². The van der Waals surface area contributed by atoms with Gasteiger partial charge in [-0.05, 0) is 18.1 Å². The van der Waals surface area contributed by atoms with Crippen molar-refractivity contribution in [1.29, 1.82) is 0 Å². The van der Waals surface area contributed by atoms with Crippen molar-refractivity contribution in [2.45, 2.75) is 12.6 Å². The monoisotopic (exact) mass is 292 g/mol. The van der Waals surface area contributed by atoms with E-state index in [0.717, 1.165) is 0 Å². The molecule has 1 N–H and O–H groups in total. The highest BCUT2D eigenvalue weighted by Gasteiger charge is 2.35. The van der Waals surface area contributed by atoms with Crippen LogP contribution in [0.3, 0.4) is 0 Å². The molecule has 0 spiro atoms. The molecule has 16 heavy (non-hydrogen) atoms. The maximum Gasteiger partial charge on any atom is 0.417 e. The SMILES string of the molecule is OCCc1c(Cl)cc(C(F)(F)F)c(Cl)c1Cl. The van der Waals surface area contributed by atoms with Crippen LogP contribution in [0.15, 0.2) is 6.07 Å². The van der Waals surface area contributed by atoms with Crippen molar-refractivity contribution < 1.29 is 18.3 Å². The topological polar surface area (TPSA) is 20.2 Å². The van der Waals surface area contributed by atoms with Gasteiger partial charge in [-0.3, -0.25) is 0 Å². The van der Waals surface area contributed by atoms with Crippen molar-refractivity contribution in [3.8, 4) is 0 Å². The lowest BCUT2D eigenvalue weighted by atomic mass is 10.1. The van der Waals surface area contributed by atoms with Crippen LogP contribution >= 0.6 is 34.8 Å². The summed E-state index contributed by atoms with van der Waals surface area (Å²) in [6.45, 7) is -0.277. The highest BCUT2D eigenvalue weighted by molar-refractivity contribution is 6.44. The number of benzene rings is 1. The second-order valence-electron chi connectivity index (χ2n) is 2.98. The van der Waals surface area contributed by atoms with E-state index in [2.05, 4.69) is 0 Å². The normalized spacial score (nSPS) is 11.9. The Kier molecular flexibility index (Phi) is 4.35. The summed E-state index contributed by atoms with van der Waals surface area (Å²) >= 11 is 16.8. The maximum atomic E-state index is 12.5. The van der Waals surface area contributed by atoms with Gasteiger partial charge >= 0.3 is 6.18 Å². The van der Waals surface area contributed by atoms with E-state index in [1.165, 1.54) is 0 Å². The zero-order valence-corrected chi connectivity index (χ0v) is 9.97. The summed E-state index contributed by atoms with van der Waals surface area (Å²) in [5.41, 5.74) is -0.866. The van der Waals surface area contributed by atoms with E-state index < -0.39 is 16.8 Å². The van der Waals surface area contributed by atoms with Gasteiger partial charge in [0, 0.05) is 11.6 Å². The van der Waals surface area contributed by atoms with Gasteiger partial charge in [0.15, 0.2) is 0 Å². The number of hydrogen-bond acceptors (Lipinski definition) is 1. The number of aliphatic hydroxyl groups excluding tert-OH is 1. The average molecular weight is 293 g/mol. The Morgan fingerprint density at radius 2 is 1.69 bits per heavy atom. The molecule has 0 radical (unpaired) electrons. The third-order valence-electron chi connectivity index (χ3n) is 1.92. The van der Waals surface area contributed by atoms with Crippen LogP contribution < -0.4 is 0 Å². The molecule has 0 aliphatic carbocycles. The van der Waals surface area contributed by atoms with E-state index in [-0.39, 0.29) is 28.6 Å². The van der Waals surface area contributed by atoms with Crippen molar-refractivity contribution in [2.24, 2.45) is 0 Å². The first-order valence-electron chi connectivity index (χ1n) is 4.13. The molecule has 0 heterocycles. The third-order valence-corrected chi connectivity index (χ3v) is 3.16. The Labute approximate surface area is 105 Å². The summed E-state index contributed by atoms with van der Waals surface area (Å²) in [5, 5.41) is 7.69. The van der Waals surface area contributed by atoms with E-state index in [9.17, 15) is 13.2 Å². The van der Waals surface area contributed by atoms with E-state index >= 15 is 0 Å². The van der Waals surface area contributed by atoms with E-state index in [1.807, 2.05) is 0 Å². The Morgan fingerprint density at radius 3 is 2.12 bits per heavy atom. The molecule has 1 aromatic rings. The molecule has 90 valence electrons. The van der Waals surface area contributed by atoms with E-state index in [1.54, 1.807) is 0 Å². The van der Waals surface area contributed by atoms with Crippen LogP contribution in [0, 0.1) is 0 Å². The Balaban J connectivity index is 3.39. The van der Waals surface area contributed by atoms with Crippen LogP contribution in [0.4, 0.5) is 13.2 Å². The zero-order valence-electron chi connectivity index (χ0n) is 7.71. The number of halogens is 6. The van der Waals surface area contributed by atoms with Crippen molar-refractivity contribution >= 4 is 34.8 Å². The molecule has 0 saturated carbocycles. The molecule has 0 unspecified atom stereocenters. The Morgan fingerprint density at radius 1 is 1.12 bits per heavy atom. The van der Waals surface area contributed by atoms with Crippen molar-refractivity contribution in [3.05, 3.63) is 32.3 Å². The summed E-state index contributed by atoms with van der Waals surface area (Å²) in [5.74, 6) is 0. The molecule has 7 heteroatoms. The summed E-state index contributed by atoms with van der Waals surface area (Å²) in [6.07, 6.45) is -4.56. The molecule has 0 amide bonds. The first kappa shape index (κ1) is 13.9. The van der Waals surface area contributed by atoms with Crippen LogP contribution in [-0.2, 0) is 12.6 Å². The average Bonchev–Trinajstić information content (AvgIpc) is 2.16. The smallest absolute Gasteiger partial charge is 0.396 e. The fraction of sp³-hybridized carbons (Fsp3) is 0.333. The Hall–Kier alpha value is -0.160. The molecule has 0 bridgehead atoms. The molecule has 0 aliphatic heterocycles. The fourth-order valence-corrected chi connectivity index (χ4v) is 2.10. The van der Waals surface area contributed by atoms with Crippen LogP contribution in [0.2, 0.25) is 15.1 Å². The molecule has 1 aromatic carbocycles. The standard InChI is InChI=1S/C9H6Cl3F3O/c10-6-3-5(9(13,14)15)8(12)7(11)4(6)1-2-16/h3,16H,1-2H2. The van der Waals surface area contributed by atoms with Gasteiger partial charge < -0.3 is 5.11 Å². The maximum absolute atomic E-state index is 12.5. The molecule has 0 aliphatic rings. The quantitative estimate of drug-likeness (QED) is 0.810. The van der Waals surface area contributed by atoms with E-state index in [0.29, 0.717) is 6.07 Å². The minimum atomic E-state index is -4.61. The van der Waals surface area contributed by atoms with Crippen molar-refractivity contribution in [1.82, 2.24) is 0 Å². The first-order chi connectivity index (χ1) is 7.29. The number of aliphatic hydroxyl groups is 1. The lowest BCUT2D eigenvalue weighted by molar-refractivity contribution is -0.137. The molecule has 1 nitrogen and oxygen atoms in total. The number of rotatable bonds is 2. The molecule has 0 aromatic heterocycles. The predicted octanol–water partition coefficient (Wildman–Crippen LogP) is 4.20. The highest BCUT2D eigenvalue weighted by Crippen LogP contribution is 2.42. The van der Waals surface area contributed by atoms with Crippen molar-refractivity contribution in [2.75, 3.05) is 6.61 Å². The lowest BCUT2D eigenvalue weighted by Gasteiger charge is -2.14. The second-order valence-corrected chi connectivity index (χ2v) is 4.15. The minimum absolute atomic E-state index is 0.0511. The largest absolute Gasteiger partial charge is 0.417 e. The Bertz CT molecular complexity index is 404. The van der Waals surface area contributed by atoms with Gasteiger partial charge in [-0.15, -0.1) is 0 Å². The van der Waals surface area contributed by atoms with Gasteiger partial charge in [-0.2, -0.15) is 13.2 Å². The van der Waals surface area contributed by atoms with Gasteiger partial charge in [0.2, 0.25) is 0 Å². The lowest BCUT2D eigenvalue weighted by Crippen LogP contribution is -2.08. The van der Waals surface area contributed by atoms with Crippen LogP contribution in [0.1, 0.15) is 11.1 Å². The molecule has 0 atom stereocenters. The van der Waals surface area contributed by atoms with E-state index in [4.69, 9.17) is 39.9 Å². The van der Waals surface area contributed by atoms with Gasteiger partial charge in [-0.25, -0.2) is 0 Å². The van der Waals surface area contributed by atoms with Gasteiger partial charge in [0.25, 0.3) is 0 Å². The summed E-state index contributed by atoms with van der Waals surface area (Å²) < 4.78 is 37.4. The fourth-order valence-electron chi connectivity index (χ4n) is 1.18. The minimum Gasteiger partial charge on any atom is -0.396 e. The van der Waals surface area contributed by atoms with Crippen LogP contribution in [0.25, 0.3) is 0 Å². The molecule has 1 rings (SSSR count). The van der Waals surface area contributed by atoms with Crippen molar-refractivity contribution in [3.63, 3.8) is 0 Å². The first-order valence-corrected chi connectivity index (χ1v) is 5.26. The summed E-state index contributed by atoms with van der Waals surface area (Å²) in [7, 11) is 0. The van der Waals surface area contributed by atoms with Crippen LogP contribution in [0.5, 0.6) is 0 Å².